The van der Waals surface area contributed by atoms with Crippen molar-refractivity contribution in [2.24, 2.45) is 0 Å². The maximum absolute atomic E-state index is 12.1. The summed E-state index contributed by atoms with van der Waals surface area (Å²) in [7, 11) is 3.16. The topological polar surface area (TPSA) is 47.6 Å². The molecule has 0 spiro atoms. The molecule has 2 aromatic rings. The Morgan fingerprint density at radius 3 is 2.41 bits per heavy atom. The van der Waals surface area contributed by atoms with Crippen molar-refractivity contribution in [2.45, 2.75) is 19.8 Å². The first kappa shape index (κ1) is 15.9. The average Bonchev–Trinajstić information content (AvgIpc) is 2.54. The lowest BCUT2D eigenvalue weighted by atomic mass is 10.1. The molecule has 1 N–H and O–H groups in total. The van der Waals surface area contributed by atoms with Gasteiger partial charge in [0.2, 0.25) is 5.91 Å². The first-order chi connectivity index (χ1) is 10.6. The van der Waals surface area contributed by atoms with Crippen LogP contribution in [-0.2, 0) is 11.2 Å². The van der Waals surface area contributed by atoms with Gasteiger partial charge in [0.25, 0.3) is 0 Å². The van der Waals surface area contributed by atoms with Gasteiger partial charge in [0.1, 0.15) is 11.5 Å². The van der Waals surface area contributed by atoms with Crippen LogP contribution >= 0.6 is 0 Å². The van der Waals surface area contributed by atoms with E-state index in [4.69, 9.17) is 9.47 Å². The van der Waals surface area contributed by atoms with E-state index in [1.54, 1.807) is 32.4 Å². The highest BCUT2D eigenvalue weighted by Crippen LogP contribution is 2.29. The lowest BCUT2D eigenvalue weighted by molar-refractivity contribution is -0.116. The largest absolute Gasteiger partial charge is 0.497 e. The standard InChI is InChI=1S/C18H21NO3/c1-13-4-6-14(7-5-13)8-11-18(20)19-16-12-15(21-2)9-10-17(16)22-3/h4-7,9-10,12H,8,11H2,1-3H3,(H,19,20). The molecule has 22 heavy (non-hydrogen) atoms. The summed E-state index contributed by atoms with van der Waals surface area (Å²) >= 11 is 0. The van der Waals surface area contributed by atoms with E-state index in [-0.39, 0.29) is 5.91 Å². The summed E-state index contributed by atoms with van der Waals surface area (Å²) in [6.07, 6.45) is 1.13. The highest BCUT2D eigenvalue weighted by Gasteiger charge is 2.09. The smallest absolute Gasteiger partial charge is 0.224 e. The predicted molar refractivity (Wildman–Crippen MR) is 87.7 cm³/mol. The van der Waals surface area contributed by atoms with Crippen molar-refractivity contribution in [3.8, 4) is 11.5 Å². The van der Waals surface area contributed by atoms with Crippen molar-refractivity contribution in [1.29, 1.82) is 0 Å². The number of hydrogen-bond donors (Lipinski definition) is 1. The van der Waals surface area contributed by atoms with Gasteiger partial charge in [-0.2, -0.15) is 0 Å². The molecule has 0 aliphatic heterocycles. The number of ether oxygens (including phenoxy) is 2. The third kappa shape index (κ3) is 4.25. The molecule has 2 rings (SSSR count). The molecule has 116 valence electrons. The average molecular weight is 299 g/mol. The number of carbonyl (C=O) groups is 1. The molecule has 4 heteroatoms. The summed E-state index contributed by atoms with van der Waals surface area (Å²) < 4.78 is 10.4. The molecule has 0 fully saturated rings. The van der Waals surface area contributed by atoms with Gasteiger partial charge < -0.3 is 14.8 Å². The van der Waals surface area contributed by atoms with Crippen molar-refractivity contribution in [3.63, 3.8) is 0 Å². The normalized spacial score (nSPS) is 10.1. The van der Waals surface area contributed by atoms with E-state index in [9.17, 15) is 4.79 Å². The summed E-state index contributed by atoms with van der Waals surface area (Å²) in [4.78, 5) is 12.1. The molecule has 0 saturated heterocycles. The van der Waals surface area contributed by atoms with Gasteiger partial charge in [0.05, 0.1) is 19.9 Å². The summed E-state index contributed by atoms with van der Waals surface area (Å²) in [6.45, 7) is 2.05. The van der Waals surface area contributed by atoms with Crippen LogP contribution in [0, 0.1) is 6.92 Å². The van der Waals surface area contributed by atoms with Crippen molar-refractivity contribution >= 4 is 11.6 Å². The summed E-state index contributed by atoms with van der Waals surface area (Å²) in [5, 5.41) is 2.87. The quantitative estimate of drug-likeness (QED) is 0.887. The molecule has 1 amide bonds. The maximum atomic E-state index is 12.1. The molecule has 2 aromatic carbocycles. The lowest BCUT2D eigenvalue weighted by Gasteiger charge is -2.11. The van der Waals surface area contributed by atoms with E-state index in [1.807, 2.05) is 6.92 Å². The molecule has 0 unspecified atom stereocenters. The van der Waals surface area contributed by atoms with Gasteiger partial charge in [0.15, 0.2) is 0 Å². The number of amides is 1. The van der Waals surface area contributed by atoms with E-state index < -0.39 is 0 Å². The van der Waals surface area contributed by atoms with Gasteiger partial charge in [0, 0.05) is 12.5 Å². The van der Waals surface area contributed by atoms with Crippen molar-refractivity contribution in [1.82, 2.24) is 0 Å². The van der Waals surface area contributed by atoms with Crippen LogP contribution < -0.4 is 14.8 Å². The molecule has 0 aliphatic carbocycles. The first-order valence-corrected chi connectivity index (χ1v) is 7.20. The predicted octanol–water partition coefficient (Wildman–Crippen LogP) is 3.58. The number of anilines is 1. The Kier molecular flexibility index (Phi) is 5.42. The Morgan fingerprint density at radius 2 is 1.77 bits per heavy atom. The fourth-order valence-electron chi connectivity index (χ4n) is 2.14. The van der Waals surface area contributed by atoms with Crippen LogP contribution in [-0.4, -0.2) is 20.1 Å². The van der Waals surface area contributed by atoms with Crippen LogP contribution in [0.2, 0.25) is 0 Å². The third-order valence-corrected chi connectivity index (χ3v) is 3.44. The maximum Gasteiger partial charge on any atom is 0.224 e. The molecule has 0 aliphatic rings. The van der Waals surface area contributed by atoms with Gasteiger partial charge in [-0.1, -0.05) is 29.8 Å². The number of methoxy groups -OCH3 is 2. The Labute approximate surface area is 131 Å². The van der Waals surface area contributed by atoms with E-state index in [0.29, 0.717) is 30.0 Å². The van der Waals surface area contributed by atoms with E-state index in [2.05, 4.69) is 29.6 Å². The van der Waals surface area contributed by atoms with Gasteiger partial charge in [-0.15, -0.1) is 0 Å². The Bertz CT molecular complexity index is 635. The minimum Gasteiger partial charge on any atom is -0.497 e. The minimum atomic E-state index is -0.0490. The SMILES string of the molecule is COc1ccc(OC)c(NC(=O)CCc2ccc(C)cc2)c1. The Morgan fingerprint density at radius 1 is 1.05 bits per heavy atom. The number of nitrogens with one attached hydrogen (secondary N) is 1. The second-order valence-electron chi connectivity index (χ2n) is 5.10. The lowest BCUT2D eigenvalue weighted by Crippen LogP contribution is -2.13. The van der Waals surface area contributed by atoms with Gasteiger partial charge in [-0.25, -0.2) is 0 Å². The van der Waals surface area contributed by atoms with Gasteiger partial charge >= 0.3 is 0 Å². The molecule has 4 nitrogen and oxygen atoms in total. The zero-order chi connectivity index (χ0) is 15.9. The highest BCUT2D eigenvalue weighted by molar-refractivity contribution is 5.92. The van der Waals surface area contributed by atoms with E-state index in [0.717, 1.165) is 5.56 Å². The van der Waals surface area contributed by atoms with Crippen LogP contribution in [0.3, 0.4) is 0 Å². The van der Waals surface area contributed by atoms with Gasteiger partial charge in [-0.05, 0) is 31.0 Å². The monoisotopic (exact) mass is 299 g/mol. The minimum absolute atomic E-state index is 0.0490. The number of aryl methyl sites for hydroxylation is 2. The molecule has 0 bridgehead atoms. The first-order valence-electron chi connectivity index (χ1n) is 7.20. The summed E-state index contributed by atoms with van der Waals surface area (Å²) in [6, 6.07) is 13.5. The fraction of sp³-hybridized carbons (Fsp3) is 0.278. The molecular formula is C18H21NO3. The second kappa shape index (κ2) is 7.50. The van der Waals surface area contributed by atoms with Crippen LogP contribution in [0.25, 0.3) is 0 Å². The summed E-state index contributed by atoms with van der Waals surface area (Å²) in [5.74, 6) is 1.24. The fourth-order valence-corrected chi connectivity index (χ4v) is 2.14. The molecular weight excluding hydrogens is 278 g/mol. The zero-order valence-corrected chi connectivity index (χ0v) is 13.2. The molecule has 0 radical (unpaired) electrons. The number of benzene rings is 2. The van der Waals surface area contributed by atoms with Crippen LogP contribution in [0.1, 0.15) is 17.5 Å². The molecule has 0 atom stereocenters. The molecule has 0 aromatic heterocycles. The van der Waals surface area contributed by atoms with Crippen LogP contribution in [0.5, 0.6) is 11.5 Å². The van der Waals surface area contributed by atoms with Gasteiger partial charge in [-0.3, -0.25) is 4.79 Å². The van der Waals surface area contributed by atoms with Crippen LogP contribution in [0.15, 0.2) is 42.5 Å². The van der Waals surface area contributed by atoms with E-state index >= 15 is 0 Å². The van der Waals surface area contributed by atoms with Crippen molar-refractivity contribution in [3.05, 3.63) is 53.6 Å². The summed E-state index contributed by atoms with van der Waals surface area (Å²) in [5.41, 5.74) is 2.99. The van der Waals surface area contributed by atoms with Crippen molar-refractivity contribution < 1.29 is 14.3 Å². The zero-order valence-electron chi connectivity index (χ0n) is 13.2. The van der Waals surface area contributed by atoms with Crippen LogP contribution in [0.4, 0.5) is 5.69 Å². The number of rotatable bonds is 6. The van der Waals surface area contributed by atoms with Crippen molar-refractivity contribution in [2.75, 3.05) is 19.5 Å². The number of hydrogen-bond acceptors (Lipinski definition) is 3. The number of carbonyl (C=O) groups excluding carboxylic acids is 1. The highest BCUT2D eigenvalue weighted by atomic mass is 16.5. The molecule has 0 heterocycles. The Hall–Kier alpha value is -2.49. The second-order valence-corrected chi connectivity index (χ2v) is 5.10. The Balaban J connectivity index is 1.98. The third-order valence-electron chi connectivity index (χ3n) is 3.44. The van der Waals surface area contributed by atoms with E-state index in [1.165, 1.54) is 5.56 Å². The molecule has 0 saturated carbocycles.